The molecule has 13 heteroatoms. The zero-order chi connectivity index (χ0) is 22.3. The molecule has 0 aromatic heterocycles. The minimum Gasteiger partial charge on any atom is -0.464 e. The van der Waals surface area contributed by atoms with E-state index in [0.717, 1.165) is 0 Å². The fraction of sp³-hybridized carbons (Fsp3) is 0.625. The number of amides is 5. The highest BCUT2D eigenvalue weighted by Crippen LogP contribution is 2.25. The Morgan fingerprint density at radius 3 is 2.14 bits per heavy atom. The van der Waals surface area contributed by atoms with Gasteiger partial charge in [-0.25, -0.2) is 9.80 Å². The van der Waals surface area contributed by atoms with Crippen molar-refractivity contribution in [1.82, 2.24) is 21.1 Å². The number of hydrogen-bond donors (Lipinski definition) is 4. The summed E-state index contributed by atoms with van der Waals surface area (Å²) in [5.74, 6) is -4.45. The van der Waals surface area contributed by atoms with Crippen LogP contribution in [0.4, 0.5) is 0 Å². The molecule has 0 aromatic rings. The summed E-state index contributed by atoms with van der Waals surface area (Å²) in [5.41, 5.74) is 7.24. The van der Waals surface area contributed by atoms with Crippen molar-refractivity contribution < 1.29 is 38.2 Å². The fourth-order valence-corrected chi connectivity index (χ4v) is 2.19. The molecule has 1 rings (SSSR count). The van der Waals surface area contributed by atoms with Crippen LogP contribution in [-0.2, 0) is 38.2 Å². The molecule has 13 nitrogen and oxygen atoms in total. The first-order valence-corrected chi connectivity index (χ1v) is 8.77. The van der Waals surface area contributed by atoms with Gasteiger partial charge in [0.15, 0.2) is 12.2 Å². The van der Waals surface area contributed by atoms with Crippen LogP contribution in [0.3, 0.4) is 0 Å². The fourth-order valence-electron chi connectivity index (χ4n) is 2.19. The summed E-state index contributed by atoms with van der Waals surface area (Å²) in [6.45, 7) is 4.98. The Hall–Kier alpha value is -3.22. The number of nitrogens with two attached hydrogens (primary N) is 1. The van der Waals surface area contributed by atoms with Crippen LogP contribution in [0.15, 0.2) is 0 Å². The lowest BCUT2D eigenvalue weighted by Gasteiger charge is -2.24. The summed E-state index contributed by atoms with van der Waals surface area (Å²) < 4.78 is 9.68. The molecule has 0 spiro atoms. The Balaban J connectivity index is 2.70. The van der Waals surface area contributed by atoms with Crippen LogP contribution < -0.4 is 21.8 Å². The molecule has 4 atom stereocenters. The van der Waals surface area contributed by atoms with Gasteiger partial charge in [-0.2, -0.15) is 0 Å². The normalized spacial score (nSPS) is 19.2. The molecule has 0 saturated carbocycles. The van der Waals surface area contributed by atoms with E-state index in [1.54, 1.807) is 6.92 Å². The van der Waals surface area contributed by atoms with E-state index in [1.807, 2.05) is 0 Å². The third-order valence-corrected chi connectivity index (χ3v) is 3.64. The van der Waals surface area contributed by atoms with Crippen molar-refractivity contribution >= 4 is 35.5 Å². The molecule has 5 N–H and O–H groups in total. The highest BCUT2D eigenvalue weighted by Gasteiger charge is 2.53. The SMILES string of the molecule is CCOC(=O)C1OC1C(=O)N(CC(N)=O)NC(=O)C(C)NC(=O)C(C)NC(C)=O. The number of esters is 1. The molecule has 1 heterocycles. The predicted molar refractivity (Wildman–Crippen MR) is 95.2 cm³/mol. The van der Waals surface area contributed by atoms with E-state index < -0.39 is 66.3 Å². The molecule has 1 aliphatic heterocycles. The van der Waals surface area contributed by atoms with Crippen molar-refractivity contribution in [2.75, 3.05) is 13.2 Å². The summed E-state index contributed by atoms with van der Waals surface area (Å²) >= 11 is 0. The molecule has 162 valence electrons. The minimum absolute atomic E-state index is 0.0927. The number of hydrazine groups is 1. The highest BCUT2D eigenvalue weighted by molar-refractivity contribution is 5.96. The number of nitrogens with one attached hydrogen (secondary N) is 3. The van der Waals surface area contributed by atoms with Crippen LogP contribution in [0.2, 0.25) is 0 Å². The maximum Gasteiger partial charge on any atom is 0.338 e. The number of hydrogen-bond acceptors (Lipinski definition) is 8. The van der Waals surface area contributed by atoms with E-state index in [9.17, 15) is 28.8 Å². The first-order valence-electron chi connectivity index (χ1n) is 8.77. The zero-order valence-corrected chi connectivity index (χ0v) is 16.5. The maximum atomic E-state index is 12.4. The number of epoxide rings is 1. The van der Waals surface area contributed by atoms with E-state index in [2.05, 4.69) is 16.1 Å². The van der Waals surface area contributed by atoms with Crippen molar-refractivity contribution in [3.63, 3.8) is 0 Å². The number of ether oxygens (including phenoxy) is 2. The van der Waals surface area contributed by atoms with Gasteiger partial charge in [0.2, 0.25) is 17.7 Å². The van der Waals surface area contributed by atoms with Crippen LogP contribution in [0.5, 0.6) is 0 Å². The molecule has 4 unspecified atom stereocenters. The van der Waals surface area contributed by atoms with Gasteiger partial charge < -0.3 is 25.8 Å². The highest BCUT2D eigenvalue weighted by atomic mass is 16.6. The van der Waals surface area contributed by atoms with Gasteiger partial charge in [-0.3, -0.25) is 29.4 Å². The van der Waals surface area contributed by atoms with E-state index >= 15 is 0 Å². The molecule has 0 radical (unpaired) electrons. The lowest BCUT2D eigenvalue weighted by molar-refractivity contribution is -0.146. The second kappa shape index (κ2) is 10.4. The largest absolute Gasteiger partial charge is 0.464 e. The van der Waals surface area contributed by atoms with Crippen LogP contribution in [0.1, 0.15) is 27.7 Å². The third-order valence-electron chi connectivity index (χ3n) is 3.64. The molecule has 1 aliphatic rings. The van der Waals surface area contributed by atoms with Gasteiger partial charge in [-0.05, 0) is 20.8 Å². The van der Waals surface area contributed by atoms with Gasteiger partial charge in [-0.15, -0.1) is 0 Å². The van der Waals surface area contributed by atoms with Crippen molar-refractivity contribution in [1.29, 1.82) is 0 Å². The molecule has 29 heavy (non-hydrogen) atoms. The average molecular weight is 415 g/mol. The number of primary amides is 1. The minimum atomic E-state index is -1.22. The van der Waals surface area contributed by atoms with Gasteiger partial charge in [-0.1, -0.05) is 0 Å². The molecule has 5 amide bonds. The Bertz CT molecular complexity index is 697. The quantitative estimate of drug-likeness (QED) is 0.171. The molecule has 0 bridgehead atoms. The zero-order valence-electron chi connectivity index (χ0n) is 16.5. The molecule has 1 saturated heterocycles. The van der Waals surface area contributed by atoms with Crippen LogP contribution >= 0.6 is 0 Å². The lowest BCUT2D eigenvalue weighted by atomic mass is 10.2. The van der Waals surface area contributed by atoms with Gasteiger partial charge in [0.1, 0.15) is 18.6 Å². The lowest BCUT2D eigenvalue weighted by Crippen LogP contribution is -2.57. The predicted octanol–water partition coefficient (Wildman–Crippen LogP) is -3.31. The van der Waals surface area contributed by atoms with Crippen LogP contribution in [-0.4, -0.2) is 78.0 Å². The van der Waals surface area contributed by atoms with Crippen molar-refractivity contribution in [2.24, 2.45) is 5.73 Å². The number of rotatable bonds is 9. The second-order valence-corrected chi connectivity index (χ2v) is 6.25. The number of carbonyl (C=O) groups excluding carboxylic acids is 6. The molecule has 0 aromatic carbocycles. The Morgan fingerprint density at radius 1 is 1.03 bits per heavy atom. The first-order chi connectivity index (χ1) is 13.5. The van der Waals surface area contributed by atoms with E-state index in [1.165, 1.54) is 20.8 Å². The van der Waals surface area contributed by atoms with Gasteiger partial charge in [0.05, 0.1) is 6.61 Å². The van der Waals surface area contributed by atoms with E-state index in [-0.39, 0.29) is 6.61 Å². The Labute approximate surface area is 166 Å². The number of nitrogens with zero attached hydrogens (tertiary/aromatic N) is 1. The van der Waals surface area contributed by atoms with Crippen molar-refractivity contribution in [3.05, 3.63) is 0 Å². The summed E-state index contributed by atoms with van der Waals surface area (Å²) in [5, 5.41) is 5.30. The topological polar surface area (TPSA) is 190 Å². The van der Waals surface area contributed by atoms with Crippen molar-refractivity contribution in [3.8, 4) is 0 Å². The van der Waals surface area contributed by atoms with Crippen molar-refractivity contribution in [2.45, 2.75) is 52.0 Å². The van der Waals surface area contributed by atoms with E-state index in [4.69, 9.17) is 15.2 Å². The summed E-state index contributed by atoms with van der Waals surface area (Å²) in [6.07, 6.45) is -2.36. The van der Waals surface area contributed by atoms with E-state index in [0.29, 0.717) is 5.01 Å². The van der Waals surface area contributed by atoms with Crippen LogP contribution in [0, 0.1) is 0 Å². The molecule has 1 fully saturated rings. The Morgan fingerprint density at radius 2 is 1.62 bits per heavy atom. The maximum absolute atomic E-state index is 12.4. The summed E-state index contributed by atoms with van der Waals surface area (Å²) in [7, 11) is 0. The molecular formula is C16H25N5O8. The van der Waals surface area contributed by atoms with Gasteiger partial charge in [0.25, 0.3) is 11.8 Å². The standard InChI is InChI=1S/C16H25N5O8/c1-5-28-16(27)12-11(29-12)15(26)21(6-10(17)23)20-14(25)8(3)19-13(24)7(2)18-9(4)22/h7-8,11-12H,5-6H2,1-4H3,(H2,17,23)(H,18,22)(H,19,24)(H,20,25). The third kappa shape index (κ3) is 7.37. The second-order valence-electron chi connectivity index (χ2n) is 6.25. The average Bonchev–Trinajstić information content (AvgIpc) is 3.40. The summed E-state index contributed by atoms with van der Waals surface area (Å²) in [6, 6.07) is -2.01. The first kappa shape index (κ1) is 23.8. The van der Waals surface area contributed by atoms with Gasteiger partial charge >= 0.3 is 5.97 Å². The molecular weight excluding hydrogens is 390 g/mol. The number of carbonyl (C=O) groups is 6. The summed E-state index contributed by atoms with van der Waals surface area (Å²) in [4.78, 5) is 70.4. The van der Waals surface area contributed by atoms with Gasteiger partial charge in [0, 0.05) is 6.92 Å². The smallest absolute Gasteiger partial charge is 0.338 e. The monoisotopic (exact) mass is 415 g/mol. The molecule has 0 aliphatic carbocycles. The van der Waals surface area contributed by atoms with Crippen LogP contribution in [0.25, 0.3) is 0 Å². The Kier molecular flexibility index (Phi) is 8.51.